The molecule has 1 aliphatic carbocycles. The second kappa shape index (κ2) is 5.66. The minimum Gasteiger partial charge on any atom is -0.308 e. The zero-order valence-electron chi connectivity index (χ0n) is 11.3. The molecule has 0 bridgehead atoms. The summed E-state index contributed by atoms with van der Waals surface area (Å²) in [6.45, 7) is 7.56. The van der Waals surface area contributed by atoms with Gasteiger partial charge in [0, 0.05) is 31.2 Å². The summed E-state index contributed by atoms with van der Waals surface area (Å²) in [6.07, 6.45) is 5.90. The van der Waals surface area contributed by atoms with Gasteiger partial charge in [0.05, 0.1) is 6.67 Å². The first-order chi connectivity index (χ1) is 8.19. The van der Waals surface area contributed by atoms with Gasteiger partial charge in [-0.1, -0.05) is 13.3 Å². The highest BCUT2D eigenvalue weighted by Gasteiger charge is 2.45. The number of nitrogens with zero attached hydrogens (tertiary/aromatic N) is 1. The van der Waals surface area contributed by atoms with Crippen LogP contribution < -0.4 is 5.32 Å². The molecule has 0 aromatic rings. The summed E-state index contributed by atoms with van der Waals surface area (Å²) in [4.78, 5) is 2.54. The Hall–Kier alpha value is -0.150. The molecule has 100 valence electrons. The summed E-state index contributed by atoms with van der Waals surface area (Å²) in [7, 11) is 0. The molecule has 1 saturated carbocycles. The van der Waals surface area contributed by atoms with E-state index < -0.39 is 0 Å². The van der Waals surface area contributed by atoms with Crippen LogP contribution in [0, 0.1) is 5.92 Å². The van der Waals surface area contributed by atoms with Crippen LogP contribution >= 0.6 is 0 Å². The van der Waals surface area contributed by atoms with E-state index in [4.69, 9.17) is 0 Å². The third kappa shape index (κ3) is 3.19. The van der Waals surface area contributed by atoms with Crippen molar-refractivity contribution in [1.82, 2.24) is 10.2 Å². The average molecular weight is 242 g/mol. The van der Waals surface area contributed by atoms with Crippen LogP contribution in [0.2, 0.25) is 0 Å². The Labute approximate surface area is 105 Å². The molecule has 0 radical (unpaired) electrons. The molecule has 2 atom stereocenters. The van der Waals surface area contributed by atoms with Crippen molar-refractivity contribution >= 4 is 0 Å². The fraction of sp³-hybridized carbons (Fsp3) is 1.00. The van der Waals surface area contributed by atoms with Gasteiger partial charge in [-0.15, -0.1) is 0 Å². The number of rotatable bonds is 6. The Bertz CT molecular complexity index is 242. The number of alkyl halides is 1. The fourth-order valence-corrected chi connectivity index (χ4v) is 3.22. The van der Waals surface area contributed by atoms with Crippen LogP contribution in [-0.2, 0) is 0 Å². The Morgan fingerprint density at radius 3 is 2.76 bits per heavy atom. The summed E-state index contributed by atoms with van der Waals surface area (Å²) in [5, 5.41) is 3.76. The lowest BCUT2D eigenvalue weighted by Crippen LogP contribution is -2.64. The third-order valence-electron chi connectivity index (χ3n) is 4.47. The van der Waals surface area contributed by atoms with Crippen molar-refractivity contribution in [1.29, 1.82) is 0 Å². The van der Waals surface area contributed by atoms with Crippen molar-refractivity contribution < 1.29 is 4.39 Å². The van der Waals surface area contributed by atoms with Crippen LogP contribution in [0.4, 0.5) is 4.39 Å². The van der Waals surface area contributed by atoms with Gasteiger partial charge in [0.25, 0.3) is 0 Å². The minimum atomic E-state index is -0.178. The van der Waals surface area contributed by atoms with Gasteiger partial charge in [0.2, 0.25) is 0 Å². The van der Waals surface area contributed by atoms with E-state index in [9.17, 15) is 4.39 Å². The normalized spacial score (nSPS) is 35.1. The summed E-state index contributed by atoms with van der Waals surface area (Å²) in [5.41, 5.74) is 0.292. The lowest BCUT2D eigenvalue weighted by atomic mass is 9.90. The summed E-state index contributed by atoms with van der Waals surface area (Å²) < 4.78 is 12.4. The molecule has 2 unspecified atom stereocenters. The Balaban J connectivity index is 1.93. The molecule has 2 nitrogen and oxygen atoms in total. The maximum atomic E-state index is 12.4. The highest BCUT2D eigenvalue weighted by atomic mass is 19.1. The van der Waals surface area contributed by atoms with Crippen LogP contribution in [0.1, 0.15) is 46.0 Å². The summed E-state index contributed by atoms with van der Waals surface area (Å²) in [5.74, 6) is 0.859. The largest absolute Gasteiger partial charge is 0.308 e. The predicted octanol–water partition coefficient (Wildman–Crippen LogP) is 2.59. The number of halogens is 1. The highest BCUT2D eigenvalue weighted by Crippen LogP contribution is 2.41. The smallest absolute Gasteiger partial charge is 0.0906 e. The van der Waals surface area contributed by atoms with Crippen molar-refractivity contribution in [2.45, 2.75) is 57.5 Å². The van der Waals surface area contributed by atoms with E-state index in [0.29, 0.717) is 18.0 Å². The van der Waals surface area contributed by atoms with Crippen molar-refractivity contribution in [2.75, 3.05) is 26.3 Å². The zero-order valence-corrected chi connectivity index (χ0v) is 11.3. The molecule has 0 amide bonds. The SMILES string of the molecule is CCCC1CNC(C)(C2CC2)CN1CCCF. The second-order valence-electron chi connectivity index (χ2n) is 6.03. The van der Waals surface area contributed by atoms with E-state index in [0.717, 1.165) is 25.6 Å². The number of hydrogen-bond acceptors (Lipinski definition) is 2. The Morgan fingerprint density at radius 1 is 1.41 bits per heavy atom. The molecule has 0 aromatic heterocycles. The van der Waals surface area contributed by atoms with E-state index in [1.165, 1.54) is 25.7 Å². The van der Waals surface area contributed by atoms with Crippen LogP contribution in [0.5, 0.6) is 0 Å². The standard InChI is InChI=1S/C14H27FN2/c1-3-5-13-10-16-14(2,12-6-7-12)11-17(13)9-4-8-15/h12-13,16H,3-11H2,1-2H3. The first-order valence-corrected chi connectivity index (χ1v) is 7.24. The van der Waals surface area contributed by atoms with E-state index in [-0.39, 0.29) is 6.67 Å². The van der Waals surface area contributed by atoms with Gasteiger partial charge in [-0.3, -0.25) is 9.29 Å². The van der Waals surface area contributed by atoms with Gasteiger partial charge in [0.15, 0.2) is 0 Å². The molecule has 2 aliphatic rings. The van der Waals surface area contributed by atoms with Gasteiger partial charge < -0.3 is 5.32 Å². The van der Waals surface area contributed by atoms with E-state index in [1.807, 2.05) is 0 Å². The van der Waals surface area contributed by atoms with Gasteiger partial charge in [-0.05, 0) is 38.5 Å². The first-order valence-electron chi connectivity index (χ1n) is 7.24. The van der Waals surface area contributed by atoms with Crippen LogP contribution in [0.15, 0.2) is 0 Å². The van der Waals surface area contributed by atoms with Gasteiger partial charge >= 0.3 is 0 Å². The molecule has 1 aliphatic heterocycles. The first kappa shape index (κ1) is 13.3. The Kier molecular flexibility index (Phi) is 4.42. The lowest BCUT2D eigenvalue weighted by Gasteiger charge is -2.47. The van der Waals surface area contributed by atoms with Crippen molar-refractivity contribution in [3.05, 3.63) is 0 Å². The average Bonchev–Trinajstić information content (AvgIpc) is 3.14. The second-order valence-corrected chi connectivity index (χ2v) is 6.03. The minimum absolute atomic E-state index is 0.178. The van der Waals surface area contributed by atoms with Crippen molar-refractivity contribution in [3.63, 3.8) is 0 Å². The molecule has 2 fully saturated rings. The zero-order chi connectivity index (χ0) is 12.3. The fourth-order valence-electron chi connectivity index (χ4n) is 3.22. The van der Waals surface area contributed by atoms with Gasteiger partial charge in [0.1, 0.15) is 0 Å². The van der Waals surface area contributed by atoms with E-state index in [1.54, 1.807) is 0 Å². The van der Waals surface area contributed by atoms with Crippen LogP contribution in [0.25, 0.3) is 0 Å². The number of nitrogens with one attached hydrogen (secondary N) is 1. The molecular formula is C14H27FN2. The summed E-state index contributed by atoms with van der Waals surface area (Å²) >= 11 is 0. The molecule has 1 heterocycles. The Morgan fingerprint density at radius 2 is 2.18 bits per heavy atom. The molecule has 3 heteroatoms. The highest BCUT2D eigenvalue weighted by molar-refractivity contribution is 5.03. The van der Waals surface area contributed by atoms with Crippen LogP contribution in [0.3, 0.4) is 0 Å². The van der Waals surface area contributed by atoms with Gasteiger partial charge in [-0.2, -0.15) is 0 Å². The van der Waals surface area contributed by atoms with E-state index >= 15 is 0 Å². The quantitative estimate of drug-likeness (QED) is 0.770. The molecule has 0 spiro atoms. The van der Waals surface area contributed by atoms with E-state index in [2.05, 4.69) is 24.1 Å². The molecule has 1 N–H and O–H groups in total. The maximum absolute atomic E-state index is 12.4. The molecule has 0 aromatic carbocycles. The number of piperazine rings is 1. The third-order valence-corrected chi connectivity index (χ3v) is 4.47. The molecule has 17 heavy (non-hydrogen) atoms. The molecule has 1 saturated heterocycles. The van der Waals surface area contributed by atoms with Crippen LogP contribution in [-0.4, -0.2) is 42.8 Å². The number of hydrogen-bond donors (Lipinski definition) is 1. The molecule has 2 rings (SSSR count). The van der Waals surface area contributed by atoms with Gasteiger partial charge in [-0.25, -0.2) is 0 Å². The summed E-state index contributed by atoms with van der Waals surface area (Å²) in [6, 6.07) is 0.623. The predicted molar refractivity (Wildman–Crippen MR) is 70.0 cm³/mol. The topological polar surface area (TPSA) is 15.3 Å². The molecular weight excluding hydrogens is 215 g/mol. The van der Waals surface area contributed by atoms with Crippen molar-refractivity contribution in [3.8, 4) is 0 Å². The van der Waals surface area contributed by atoms with Crippen molar-refractivity contribution in [2.24, 2.45) is 5.92 Å². The lowest BCUT2D eigenvalue weighted by molar-refractivity contribution is 0.0676. The monoisotopic (exact) mass is 242 g/mol. The maximum Gasteiger partial charge on any atom is 0.0906 e.